The van der Waals surface area contributed by atoms with Crippen LogP contribution in [0.15, 0.2) is 48.5 Å². The highest BCUT2D eigenvalue weighted by Gasteiger charge is 2.31. The fourth-order valence-electron chi connectivity index (χ4n) is 3.06. The van der Waals surface area contributed by atoms with Gasteiger partial charge in [0.05, 0.1) is 0 Å². The Balaban J connectivity index is 1.56. The highest BCUT2D eigenvalue weighted by molar-refractivity contribution is 6.31. The van der Waals surface area contributed by atoms with E-state index in [0.29, 0.717) is 12.0 Å². The van der Waals surface area contributed by atoms with Gasteiger partial charge in [-0.15, -0.1) is 0 Å². The minimum absolute atomic E-state index is 0.281. The molecule has 0 bridgehead atoms. The number of rotatable bonds is 4. The topological polar surface area (TPSA) is 12.0 Å². The lowest BCUT2D eigenvalue weighted by Gasteiger charge is -2.38. The second-order valence-corrected chi connectivity index (χ2v) is 6.67. The molecule has 1 N–H and O–H groups in total. The molecule has 0 heterocycles. The predicted octanol–water partition coefficient (Wildman–Crippen LogP) is 5.59. The van der Waals surface area contributed by atoms with E-state index < -0.39 is 0 Å². The van der Waals surface area contributed by atoms with Crippen molar-refractivity contribution in [3.05, 3.63) is 69.7 Å². The minimum atomic E-state index is 0.281. The first-order valence-corrected chi connectivity index (χ1v) is 8.15. The highest BCUT2D eigenvalue weighted by atomic mass is 35.5. The van der Waals surface area contributed by atoms with Crippen LogP contribution in [0, 0.1) is 0 Å². The number of halogens is 2. The van der Waals surface area contributed by atoms with Gasteiger partial charge < -0.3 is 5.32 Å². The lowest BCUT2D eigenvalue weighted by molar-refractivity contribution is 0.271. The van der Waals surface area contributed by atoms with Gasteiger partial charge in [-0.25, -0.2) is 0 Å². The van der Waals surface area contributed by atoms with Gasteiger partial charge in [-0.05, 0) is 55.0 Å². The van der Waals surface area contributed by atoms with E-state index in [2.05, 4.69) is 30.4 Å². The summed E-state index contributed by atoms with van der Waals surface area (Å²) in [5.74, 6) is 0.625. The van der Waals surface area contributed by atoms with Crippen molar-refractivity contribution in [2.75, 3.05) is 0 Å². The molecule has 0 spiro atoms. The Kier molecular flexibility index (Phi) is 4.54. The van der Waals surface area contributed by atoms with Crippen LogP contribution in [0.4, 0.5) is 0 Å². The van der Waals surface area contributed by atoms with Crippen LogP contribution < -0.4 is 5.32 Å². The van der Waals surface area contributed by atoms with E-state index in [1.54, 1.807) is 0 Å². The Morgan fingerprint density at radius 2 is 1.81 bits per heavy atom. The van der Waals surface area contributed by atoms with Gasteiger partial charge in [0.25, 0.3) is 0 Å². The maximum Gasteiger partial charge on any atom is 0.0453 e. The quantitative estimate of drug-likeness (QED) is 0.774. The lowest BCUT2D eigenvalue weighted by Crippen LogP contribution is -2.41. The van der Waals surface area contributed by atoms with Crippen LogP contribution in [0.5, 0.6) is 0 Å². The van der Waals surface area contributed by atoms with Crippen LogP contribution >= 0.6 is 23.2 Å². The predicted molar refractivity (Wildman–Crippen MR) is 90.2 cm³/mol. The first-order valence-electron chi connectivity index (χ1n) is 7.39. The van der Waals surface area contributed by atoms with Crippen molar-refractivity contribution in [3.63, 3.8) is 0 Å². The van der Waals surface area contributed by atoms with Crippen molar-refractivity contribution >= 4 is 23.2 Å². The zero-order chi connectivity index (χ0) is 14.8. The van der Waals surface area contributed by atoms with Gasteiger partial charge in [-0.2, -0.15) is 0 Å². The molecule has 2 aromatic rings. The van der Waals surface area contributed by atoms with E-state index >= 15 is 0 Å². The summed E-state index contributed by atoms with van der Waals surface area (Å²) in [7, 11) is 0. The Morgan fingerprint density at radius 3 is 2.52 bits per heavy atom. The van der Waals surface area contributed by atoms with Crippen molar-refractivity contribution in [2.24, 2.45) is 0 Å². The van der Waals surface area contributed by atoms with Gasteiger partial charge in [0.1, 0.15) is 0 Å². The number of hydrogen-bond donors (Lipinski definition) is 1. The Bertz CT molecular complexity index is 620. The van der Waals surface area contributed by atoms with Crippen molar-refractivity contribution in [1.29, 1.82) is 0 Å². The first-order chi connectivity index (χ1) is 10.1. The molecule has 1 atom stereocenters. The van der Waals surface area contributed by atoms with E-state index in [1.165, 1.54) is 11.1 Å². The van der Waals surface area contributed by atoms with E-state index in [1.807, 2.05) is 30.3 Å². The second kappa shape index (κ2) is 6.39. The van der Waals surface area contributed by atoms with Crippen molar-refractivity contribution in [2.45, 2.75) is 37.8 Å². The molecule has 1 fully saturated rings. The van der Waals surface area contributed by atoms with Crippen LogP contribution in [0.1, 0.15) is 42.9 Å². The highest BCUT2D eigenvalue weighted by Crippen LogP contribution is 2.39. The SMILES string of the molecule is CC(NC1CC(c2cccc(Cl)c2)C1)c1ccccc1Cl. The smallest absolute Gasteiger partial charge is 0.0453 e. The molecule has 0 amide bonds. The Labute approximate surface area is 136 Å². The normalized spacial score (nSPS) is 22.6. The van der Waals surface area contributed by atoms with Gasteiger partial charge in [0, 0.05) is 22.1 Å². The molecule has 3 heteroatoms. The van der Waals surface area contributed by atoms with Crippen LogP contribution in [-0.4, -0.2) is 6.04 Å². The van der Waals surface area contributed by atoms with Gasteiger partial charge in [0.15, 0.2) is 0 Å². The van der Waals surface area contributed by atoms with Gasteiger partial charge in [0.2, 0.25) is 0 Å². The molecule has 0 radical (unpaired) electrons. The third-order valence-electron chi connectivity index (χ3n) is 4.32. The zero-order valence-corrected chi connectivity index (χ0v) is 13.5. The molecule has 1 aliphatic rings. The number of nitrogens with one attached hydrogen (secondary N) is 1. The summed E-state index contributed by atoms with van der Waals surface area (Å²) in [5.41, 5.74) is 2.52. The average molecular weight is 320 g/mol. The van der Waals surface area contributed by atoms with Gasteiger partial charge >= 0.3 is 0 Å². The summed E-state index contributed by atoms with van der Waals surface area (Å²) in [6.45, 7) is 2.17. The van der Waals surface area contributed by atoms with Crippen molar-refractivity contribution in [3.8, 4) is 0 Å². The zero-order valence-electron chi connectivity index (χ0n) is 12.0. The third-order valence-corrected chi connectivity index (χ3v) is 4.89. The van der Waals surface area contributed by atoms with Crippen LogP contribution in [0.2, 0.25) is 10.0 Å². The molecule has 3 rings (SSSR count). The van der Waals surface area contributed by atoms with E-state index in [4.69, 9.17) is 23.2 Å². The van der Waals surface area contributed by atoms with Crippen molar-refractivity contribution in [1.82, 2.24) is 5.32 Å². The molecule has 110 valence electrons. The molecule has 1 aliphatic carbocycles. The van der Waals surface area contributed by atoms with Crippen LogP contribution in [0.25, 0.3) is 0 Å². The summed E-state index contributed by atoms with van der Waals surface area (Å²) in [6.07, 6.45) is 2.32. The van der Waals surface area contributed by atoms with Gasteiger partial charge in [-0.1, -0.05) is 53.5 Å². The van der Waals surface area contributed by atoms with Crippen molar-refractivity contribution < 1.29 is 0 Å². The summed E-state index contributed by atoms with van der Waals surface area (Å²) < 4.78 is 0. The molecule has 1 unspecified atom stereocenters. The number of hydrogen-bond acceptors (Lipinski definition) is 1. The Morgan fingerprint density at radius 1 is 1.05 bits per heavy atom. The lowest BCUT2D eigenvalue weighted by atomic mass is 9.75. The molecule has 1 saturated carbocycles. The summed E-state index contributed by atoms with van der Waals surface area (Å²) in [6, 6.07) is 17.1. The molecule has 2 aromatic carbocycles. The summed E-state index contributed by atoms with van der Waals surface area (Å²) in [4.78, 5) is 0. The van der Waals surface area contributed by atoms with E-state index in [0.717, 1.165) is 22.9 Å². The molecule has 0 saturated heterocycles. The molecular formula is C18H19Cl2N. The molecular weight excluding hydrogens is 301 g/mol. The second-order valence-electron chi connectivity index (χ2n) is 5.83. The molecule has 0 aliphatic heterocycles. The monoisotopic (exact) mass is 319 g/mol. The fraction of sp³-hybridized carbons (Fsp3) is 0.333. The van der Waals surface area contributed by atoms with E-state index in [9.17, 15) is 0 Å². The minimum Gasteiger partial charge on any atom is -0.307 e. The third kappa shape index (κ3) is 3.42. The number of benzene rings is 2. The first kappa shape index (κ1) is 14.9. The maximum atomic E-state index is 6.25. The summed E-state index contributed by atoms with van der Waals surface area (Å²) >= 11 is 12.3. The molecule has 21 heavy (non-hydrogen) atoms. The van der Waals surface area contributed by atoms with Crippen LogP contribution in [-0.2, 0) is 0 Å². The molecule has 0 aromatic heterocycles. The van der Waals surface area contributed by atoms with Gasteiger partial charge in [-0.3, -0.25) is 0 Å². The molecule has 1 nitrogen and oxygen atoms in total. The van der Waals surface area contributed by atoms with Crippen LogP contribution in [0.3, 0.4) is 0 Å². The largest absolute Gasteiger partial charge is 0.307 e. The average Bonchev–Trinajstić information content (AvgIpc) is 2.42. The van der Waals surface area contributed by atoms with E-state index in [-0.39, 0.29) is 6.04 Å². The Hall–Kier alpha value is -1.02. The standard InChI is InChI=1S/C18H19Cl2N/c1-12(17-7-2-3-8-18(17)20)21-16-10-14(11-16)13-5-4-6-15(19)9-13/h2-9,12,14,16,21H,10-11H2,1H3. The summed E-state index contributed by atoms with van der Waals surface area (Å²) in [5, 5.41) is 5.33. The fourth-order valence-corrected chi connectivity index (χ4v) is 3.55. The maximum absolute atomic E-state index is 6.25.